The Kier molecular flexibility index (Phi) is 4.59. The zero-order valence-electron chi connectivity index (χ0n) is 10.5. The van der Waals surface area contributed by atoms with E-state index in [9.17, 15) is 4.79 Å². The van der Waals surface area contributed by atoms with Gasteiger partial charge in [0.25, 0.3) is 0 Å². The van der Waals surface area contributed by atoms with Crippen LogP contribution in [0.25, 0.3) is 0 Å². The first kappa shape index (κ1) is 12.9. The zero-order chi connectivity index (χ0) is 12.8. The van der Waals surface area contributed by atoms with Crippen molar-refractivity contribution in [1.82, 2.24) is 10.2 Å². The molecule has 1 aliphatic rings. The van der Waals surface area contributed by atoms with Crippen molar-refractivity contribution in [3.63, 3.8) is 0 Å². The minimum absolute atomic E-state index is 0.00160. The number of amides is 2. The Morgan fingerprint density at radius 2 is 2.17 bits per heavy atom. The Morgan fingerprint density at radius 1 is 1.39 bits per heavy atom. The summed E-state index contributed by atoms with van der Waals surface area (Å²) in [5, 5.41) is 12.1. The summed E-state index contributed by atoms with van der Waals surface area (Å²) in [5.41, 5.74) is 1.22. The van der Waals surface area contributed by atoms with E-state index in [0.29, 0.717) is 6.54 Å². The maximum absolute atomic E-state index is 11.9. The standard InChI is InChI=1S/C14H20N2O2/c17-11-13-7-4-10-16(13)14(18)15-9-8-12-5-2-1-3-6-12/h1-3,5-6,13,17H,4,7-11H2,(H,15,18)/t13-/m1/s1. The molecule has 18 heavy (non-hydrogen) atoms. The third kappa shape index (κ3) is 3.23. The maximum atomic E-state index is 11.9. The number of likely N-dealkylation sites (tertiary alicyclic amines) is 1. The van der Waals surface area contributed by atoms with Crippen LogP contribution in [0.5, 0.6) is 0 Å². The largest absolute Gasteiger partial charge is 0.394 e. The molecule has 0 bridgehead atoms. The predicted octanol–water partition coefficient (Wildman–Crippen LogP) is 1.40. The van der Waals surface area contributed by atoms with Crippen LogP contribution in [-0.2, 0) is 6.42 Å². The van der Waals surface area contributed by atoms with E-state index < -0.39 is 0 Å². The molecule has 0 spiro atoms. The summed E-state index contributed by atoms with van der Waals surface area (Å²) in [6.45, 7) is 1.45. The van der Waals surface area contributed by atoms with Crippen molar-refractivity contribution >= 4 is 6.03 Å². The molecule has 2 amide bonds. The van der Waals surface area contributed by atoms with Gasteiger partial charge in [-0.15, -0.1) is 0 Å². The first-order valence-corrected chi connectivity index (χ1v) is 6.50. The lowest BCUT2D eigenvalue weighted by Crippen LogP contribution is -2.44. The molecule has 4 nitrogen and oxygen atoms in total. The van der Waals surface area contributed by atoms with Crippen LogP contribution in [0.3, 0.4) is 0 Å². The van der Waals surface area contributed by atoms with Crippen molar-refractivity contribution in [3.8, 4) is 0 Å². The molecule has 2 rings (SSSR count). The second kappa shape index (κ2) is 6.40. The van der Waals surface area contributed by atoms with Crippen molar-refractivity contribution < 1.29 is 9.90 Å². The Morgan fingerprint density at radius 3 is 2.89 bits per heavy atom. The summed E-state index contributed by atoms with van der Waals surface area (Å²) in [7, 11) is 0. The average Bonchev–Trinajstić information content (AvgIpc) is 2.88. The number of rotatable bonds is 4. The number of aliphatic hydroxyl groups is 1. The fourth-order valence-electron chi connectivity index (χ4n) is 2.35. The van der Waals surface area contributed by atoms with Gasteiger partial charge in [0, 0.05) is 13.1 Å². The number of aliphatic hydroxyl groups excluding tert-OH is 1. The first-order valence-electron chi connectivity index (χ1n) is 6.50. The molecular formula is C14H20N2O2. The Hall–Kier alpha value is -1.55. The molecule has 1 aliphatic heterocycles. The van der Waals surface area contributed by atoms with Gasteiger partial charge in [-0.05, 0) is 24.8 Å². The quantitative estimate of drug-likeness (QED) is 0.846. The van der Waals surface area contributed by atoms with E-state index in [-0.39, 0.29) is 18.7 Å². The van der Waals surface area contributed by atoms with E-state index in [4.69, 9.17) is 5.11 Å². The molecule has 1 saturated heterocycles. The van der Waals surface area contributed by atoms with Gasteiger partial charge >= 0.3 is 6.03 Å². The highest BCUT2D eigenvalue weighted by atomic mass is 16.3. The molecule has 2 N–H and O–H groups in total. The Balaban J connectivity index is 1.75. The molecular weight excluding hydrogens is 228 g/mol. The smallest absolute Gasteiger partial charge is 0.317 e. The van der Waals surface area contributed by atoms with Crippen molar-refractivity contribution in [2.45, 2.75) is 25.3 Å². The molecule has 0 aromatic heterocycles. The SMILES string of the molecule is O=C(NCCc1ccccc1)N1CCC[C@@H]1CO. The number of hydrogen-bond donors (Lipinski definition) is 2. The third-order valence-corrected chi connectivity index (χ3v) is 3.38. The van der Waals surface area contributed by atoms with Crippen molar-refractivity contribution in [1.29, 1.82) is 0 Å². The molecule has 1 heterocycles. The van der Waals surface area contributed by atoms with Gasteiger partial charge in [-0.1, -0.05) is 30.3 Å². The Bertz CT molecular complexity index is 381. The number of nitrogens with zero attached hydrogens (tertiary/aromatic N) is 1. The van der Waals surface area contributed by atoms with E-state index in [0.717, 1.165) is 25.8 Å². The molecule has 1 fully saturated rings. The van der Waals surface area contributed by atoms with Gasteiger partial charge in [0.05, 0.1) is 12.6 Å². The molecule has 4 heteroatoms. The van der Waals surface area contributed by atoms with Gasteiger partial charge in [0.15, 0.2) is 0 Å². The number of benzene rings is 1. The summed E-state index contributed by atoms with van der Waals surface area (Å²) in [6.07, 6.45) is 2.73. The normalized spacial score (nSPS) is 18.9. The van der Waals surface area contributed by atoms with Gasteiger partial charge in [-0.25, -0.2) is 4.79 Å². The van der Waals surface area contributed by atoms with Crippen LogP contribution in [-0.4, -0.2) is 41.8 Å². The predicted molar refractivity (Wildman–Crippen MR) is 70.4 cm³/mol. The van der Waals surface area contributed by atoms with E-state index in [1.807, 2.05) is 18.2 Å². The van der Waals surface area contributed by atoms with Gasteiger partial charge in [0.2, 0.25) is 0 Å². The van der Waals surface area contributed by atoms with Crippen LogP contribution in [0.4, 0.5) is 4.79 Å². The number of nitrogens with one attached hydrogen (secondary N) is 1. The number of carbonyl (C=O) groups excluding carboxylic acids is 1. The number of carbonyl (C=O) groups is 1. The van der Waals surface area contributed by atoms with E-state index in [2.05, 4.69) is 17.4 Å². The van der Waals surface area contributed by atoms with Crippen molar-refractivity contribution in [2.24, 2.45) is 0 Å². The highest BCUT2D eigenvalue weighted by Crippen LogP contribution is 2.16. The second-order valence-electron chi connectivity index (χ2n) is 4.64. The number of urea groups is 1. The molecule has 1 aromatic rings. The van der Waals surface area contributed by atoms with E-state index in [1.54, 1.807) is 4.90 Å². The monoisotopic (exact) mass is 248 g/mol. The van der Waals surface area contributed by atoms with E-state index in [1.165, 1.54) is 5.56 Å². The molecule has 0 saturated carbocycles. The fraction of sp³-hybridized carbons (Fsp3) is 0.500. The minimum Gasteiger partial charge on any atom is -0.394 e. The topological polar surface area (TPSA) is 52.6 Å². The van der Waals surface area contributed by atoms with Crippen molar-refractivity contribution in [3.05, 3.63) is 35.9 Å². The molecule has 98 valence electrons. The van der Waals surface area contributed by atoms with Crippen LogP contribution in [0.2, 0.25) is 0 Å². The summed E-state index contributed by atoms with van der Waals surface area (Å²) in [6, 6.07) is 10.0. The van der Waals surface area contributed by atoms with Gasteiger partial charge < -0.3 is 15.3 Å². The highest BCUT2D eigenvalue weighted by Gasteiger charge is 2.27. The highest BCUT2D eigenvalue weighted by molar-refractivity contribution is 5.74. The third-order valence-electron chi connectivity index (χ3n) is 3.38. The second-order valence-corrected chi connectivity index (χ2v) is 4.64. The van der Waals surface area contributed by atoms with Gasteiger partial charge in [0.1, 0.15) is 0 Å². The summed E-state index contributed by atoms with van der Waals surface area (Å²) >= 11 is 0. The van der Waals surface area contributed by atoms with Crippen LogP contribution in [0.15, 0.2) is 30.3 Å². The molecule has 1 atom stereocenters. The Labute approximate surface area is 108 Å². The van der Waals surface area contributed by atoms with Gasteiger partial charge in [-0.2, -0.15) is 0 Å². The maximum Gasteiger partial charge on any atom is 0.317 e. The first-order chi connectivity index (χ1) is 8.81. The van der Waals surface area contributed by atoms with Gasteiger partial charge in [-0.3, -0.25) is 0 Å². The van der Waals surface area contributed by atoms with E-state index >= 15 is 0 Å². The minimum atomic E-state index is -0.0533. The molecule has 0 aliphatic carbocycles. The summed E-state index contributed by atoms with van der Waals surface area (Å²) in [4.78, 5) is 13.6. The number of hydrogen-bond acceptors (Lipinski definition) is 2. The lowest BCUT2D eigenvalue weighted by Gasteiger charge is -2.23. The van der Waals surface area contributed by atoms with Crippen LogP contribution < -0.4 is 5.32 Å². The van der Waals surface area contributed by atoms with Crippen LogP contribution in [0.1, 0.15) is 18.4 Å². The van der Waals surface area contributed by atoms with Crippen LogP contribution in [0, 0.1) is 0 Å². The average molecular weight is 248 g/mol. The lowest BCUT2D eigenvalue weighted by atomic mass is 10.1. The molecule has 0 radical (unpaired) electrons. The molecule has 0 unspecified atom stereocenters. The molecule has 1 aromatic carbocycles. The van der Waals surface area contributed by atoms with Crippen molar-refractivity contribution in [2.75, 3.05) is 19.7 Å². The summed E-state index contributed by atoms with van der Waals surface area (Å²) in [5.74, 6) is 0. The van der Waals surface area contributed by atoms with Crippen LogP contribution >= 0.6 is 0 Å². The zero-order valence-corrected chi connectivity index (χ0v) is 10.5. The lowest BCUT2D eigenvalue weighted by molar-refractivity contribution is 0.157. The summed E-state index contributed by atoms with van der Waals surface area (Å²) < 4.78 is 0. The fourth-order valence-corrected chi connectivity index (χ4v) is 2.35.